The van der Waals surface area contributed by atoms with Crippen molar-refractivity contribution in [1.82, 2.24) is 0 Å². The standard InChI is InChI=1S/C30H49BrOS/c1-5-6-7-8-9-10-11-22-13-15-26-25-14-12-23-20-24(33-28(32)21(2)31)16-18-30(23,4)27(25)17-19-29(22,26)3/h12,21-22,24-27H,5-11,13-20H2,1-4H3/t21-,22+,24-,25-,26+,27+,29+,30-/m0/s1. The van der Waals surface area contributed by atoms with Gasteiger partial charge in [0, 0.05) is 5.25 Å². The zero-order valence-electron chi connectivity index (χ0n) is 21.8. The SMILES string of the molecule is CCCCCCCC[C@@H]1CC[C@@H]2[C@@H]3CC=C4C[C@@H](SC(=O)[C@H](C)Br)CC[C@]4(C)[C@@H]3CC[C@]12C. The van der Waals surface area contributed by atoms with Crippen LogP contribution in [0.1, 0.15) is 124 Å². The number of hydrogen-bond acceptors (Lipinski definition) is 2. The molecule has 0 bridgehead atoms. The number of rotatable bonds is 9. The third-order valence-electron chi connectivity index (χ3n) is 10.8. The predicted molar refractivity (Wildman–Crippen MR) is 148 cm³/mol. The van der Waals surface area contributed by atoms with Gasteiger partial charge < -0.3 is 0 Å². The molecule has 8 atom stereocenters. The summed E-state index contributed by atoms with van der Waals surface area (Å²) in [6.45, 7) is 9.59. The van der Waals surface area contributed by atoms with Crippen molar-refractivity contribution in [3.8, 4) is 0 Å². The van der Waals surface area contributed by atoms with Crippen LogP contribution in [0.15, 0.2) is 11.6 Å². The first-order valence-corrected chi connectivity index (χ1v) is 16.1. The van der Waals surface area contributed by atoms with E-state index in [0.717, 1.165) is 30.1 Å². The number of unbranched alkanes of at least 4 members (excludes halogenated alkanes) is 5. The van der Waals surface area contributed by atoms with E-state index in [1.54, 1.807) is 17.3 Å². The Balaban J connectivity index is 1.38. The summed E-state index contributed by atoms with van der Waals surface area (Å²) in [5.41, 5.74) is 2.73. The zero-order chi connectivity index (χ0) is 23.6. The van der Waals surface area contributed by atoms with E-state index in [1.165, 1.54) is 89.9 Å². The fourth-order valence-electron chi connectivity index (χ4n) is 8.74. The molecule has 0 N–H and O–H groups in total. The topological polar surface area (TPSA) is 17.1 Å². The van der Waals surface area contributed by atoms with Gasteiger partial charge in [0.2, 0.25) is 5.12 Å². The Bertz CT molecular complexity index is 716. The summed E-state index contributed by atoms with van der Waals surface area (Å²) in [5, 5.41) is 0.809. The van der Waals surface area contributed by atoms with Gasteiger partial charge in [-0.05, 0) is 99.2 Å². The van der Waals surface area contributed by atoms with E-state index in [9.17, 15) is 4.79 Å². The minimum atomic E-state index is -0.0248. The highest BCUT2D eigenvalue weighted by Crippen LogP contribution is 2.67. The number of hydrogen-bond donors (Lipinski definition) is 0. The molecule has 0 aromatic heterocycles. The van der Waals surface area contributed by atoms with Gasteiger partial charge in [0.25, 0.3) is 0 Å². The second kappa shape index (κ2) is 11.1. The fraction of sp³-hybridized carbons (Fsp3) is 0.900. The molecule has 3 fully saturated rings. The van der Waals surface area contributed by atoms with Crippen LogP contribution in [0.25, 0.3) is 0 Å². The Morgan fingerprint density at radius 2 is 1.82 bits per heavy atom. The molecule has 0 saturated heterocycles. The Labute approximate surface area is 217 Å². The van der Waals surface area contributed by atoms with Gasteiger partial charge in [0.15, 0.2) is 0 Å². The van der Waals surface area contributed by atoms with Gasteiger partial charge in [0.05, 0.1) is 4.83 Å². The number of alkyl halides is 1. The lowest BCUT2D eigenvalue weighted by molar-refractivity contribution is -0.110. The molecule has 4 aliphatic carbocycles. The molecule has 0 heterocycles. The van der Waals surface area contributed by atoms with Crippen molar-refractivity contribution in [1.29, 1.82) is 0 Å². The van der Waals surface area contributed by atoms with Crippen molar-refractivity contribution in [2.24, 2.45) is 34.5 Å². The van der Waals surface area contributed by atoms with Crippen molar-refractivity contribution in [2.45, 2.75) is 134 Å². The van der Waals surface area contributed by atoms with Crippen molar-refractivity contribution in [3.63, 3.8) is 0 Å². The quantitative estimate of drug-likeness (QED) is 0.165. The molecule has 0 aromatic rings. The number of allylic oxidation sites excluding steroid dienone is 2. The van der Waals surface area contributed by atoms with E-state index in [0.29, 0.717) is 21.2 Å². The summed E-state index contributed by atoms with van der Waals surface area (Å²) in [6, 6.07) is 0. The zero-order valence-corrected chi connectivity index (χ0v) is 24.2. The largest absolute Gasteiger partial charge is 0.286 e. The lowest BCUT2D eigenvalue weighted by Crippen LogP contribution is -2.50. The highest BCUT2D eigenvalue weighted by molar-refractivity contribution is 9.10. The number of fused-ring (bicyclic) bond motifs is 5. The van der Waals surface area contributed by atoms with Crippen LogP contribution in [0.3, 0.4) is 0 Å². The Hall–Kier alpha value is 0.240. The molecular formula is C30H49BrOS. The smallest absolute Gasteiger partial charge is 0.202 e. The monoisotopic (exact) mass is 536 g/mol. The number of carbonyl (C=O) groups is 1. The molecule has 0 radical (unpaired) electrons. The number of carbonyl (C=O) groups excluding carboxylic acids is 1. The molecule has 0 amide bonds. The van der Waals surface area contributed by atoms with E-state index in [2.05, 4.69) is 42.8 Å². The molecule has 0 unspecified atom stereocenters. The van der Waals surface area contributed by atoms with Crippen LogP contribution in [0.5, 0.6) is 0 Å². The van der Waals surface area contributed by atoms with Gasteiger partial charge in [0.1, 0.15) is 0 Å². The number of halogens is 1. The van der Waals surface area contributed by atoms with Gasteiger partial charge >= 0.3 is 0 Å². The third-order valence-corrected chi connectivity index (χ3v) is 12.8. The first-order chi connectivity index (χ1) is 15.8. The Morgan fingerprint density at radius 3 is 2.58 bits per heavy atom. The van der Waals surface area contributed by atoms with Crippen LogP contribution < -0.4 is 0 Å². The third kappa shape index (κ3) is 5.35. The summed E-state index contributed by atoms with van der Waals surface area (Å²) in [5.74, 6) is 3.75. The molecular weight excluding hydrogens is 488 g/mol. The van der Waals surface area contributed by atoms with Gasteiger partial charge in [-0.3, -0.25) is 4.79 Å². The maximum Gasteiger partial charge on any atom is 0.202 e. The highest BCUT2D eigenvalue weighted by Gasteiger charge is 2.58. The van der Waals surface area contributed by atoms with Crippen LogP contribution in [-0.4, -0.2) is 15.2 Å². The van der Waals surface area contributed by atoms with Crippen LogP contribution in [0, 0.1) is 34.5 Å². The summed E-state index contributed by atoms with van der Waals surface area (Å²) in [7, 11) is 0. The summed E-state index contributed by atoms with van der Waals surface area (Å²) in [4.78, 5) is 12.3. The molecule has 188 valence electrons. The molecule has 0 aromatic carbocycles. The average molecular weight is 538 g/mol. The van der Waals surface area contributed by atoms with E-state index in [-0.39, 0.29) is 4.83 Å². The fourth-order valence-corrected chi connectivity index (χ4v) is 10.1. The molecule has 0 aliphatic heterocycles. The van der Waals surface area contributed by atoms with Crippen LogP contribution >= 0.6 is 27.7 Å². The molecule has 0 spiro atoms. The van der Waals surface area contributed by atoms with Gasteiger partial charge in [-0.1, -0.05) is 98.6 Å². The predicted octanol–water partition coefficient (Wildman–Crippen LogP) is 9.73. The van der Waals surface area contributed by atoms with Gasteiger partial charge in [-0.2, -0.15) is 0 Å². The lowest BCUT2D eigenvalue weighted by atomic mass is 9.47. The molecule has 3 saturated carbocycles. The van der Waals surface area contributed by atoms with E-state index in [4.69, 9.17) is 0 Å². The molecule has 4 rings (SSSR count). The van der Waals surface area contributed by atoms with Crippen LogP contribution in [-0.2, 0) is 4.79 Å². The molecule has 33 heavy (non-hydrogen) atoms. The second-order valence-electron chi connectivity index (χ2n) is 12.6. The Kier molecular flexibility index (Phi) is 8.85. The molecule has 4 aliphatic rings. The maximum atomic E-state index is 12.3. The van der Waals surface area contributed by atoms with E-state index < -0.39 is 0 Å². The maximum absolute atomic E-state index is 12.3. The highest BCUT2D eigenvalue weighted by atomic mass is 79.9. The molecule has 1 nitrogen and oxygen atoms in total. The van der Waals surface area contributed by atoms with Crippen molar-refractivity contribution in [2.75, 3.05) is 0 Å². The van der Waals surface area contributed by atoms with E-state index >= 15 is 0 Å². The minimum Gasteiger partial charge on any atom is -0.286 e. The lowest BCUT2D eigenvalue weighted by Gasteiger charge is -2.58. The van der Waals surface area contributed by atoms with Crippen LogP contribution in [0.2, 0.25) is 0 Å². The van der Waals surface area contributed by atoms with Crippen molar-refractivity contribution < 1.29 is 4.79 Å². The average Bonchev–Trinajstić information content (AvgIpc) is 3.12. The van der Waals surface area contributed by atoms with Crippen LogP contribution in [0.4, 0.5) is 0 Å². The van der Waals surface area contributed by atoms with E-state index in [1.807, 2.05) is 6.92 Å². The first kappa shape index (κ1) is 26.3. The number of thioether (sulfide) groups is 1. The minimum absolute atomic E-state index is 0.0248. The van der Waals surface area contributed by atoms with Crippen molar-refractivity contribution in [3.05, 3.63) is 11.6 Å². The summed E-state index contributed by atoms with van der Waals surface area (Å²) in [6.07, 6.45) is 23.7. The van der Waals surface area contributed by atoms with Gasteiger partial charge in [-0.25, -0.2) is 0 Å². The summed E-state index contributed by atoms with van der Waals surface area (Å²) >= 11 is 5.09. The second-order valence-corrected chi connectivity index (χ2v) is 15.2. The Morgan fingerprint density at radius 1 is 1.06 bits per heavy atom. The first-order valence-electron chi connectivity index (χ1n) is 14.3. The van der Waals surface area contributed by atoms with Gasteiger partial charge in [-0.15, -0.1) is 0 Å². The molecule has 3 heteroatoms. The van der Waals surface area contributed by atoms with Crippen molar-refractivity contribution >= 4 is 32.8 Å². The normalized spacial score (nSPS) is 41.0. The summed E-state index contributed by atoms with van der Waals surface area (Å²) < 4.78 is 0.